The van der Waals surface area contributed by atoms with Crippen LogP contribution in [0, 0.1) is 11.8 Å². The third-order valence-electron chi connectivity index (χ3n) is 5.96. The van der Waals surface area contributed by atoms with Gasteiger partial charge in [-0.2, -0.15) is 5.10 Å². The van der Waals surface area contributed by atoms with E-state index < -0.39 is 11.9 Å². The van der Waals surface area contributed by atoms with Crippen LogP contribution in [0.15, 0.2) is 71.7 Å². The number of nitrogens with one attached hydrogen (secondary N) is 2. The zero-order valence-corrected chi connectivity index (χ0v) is 21.2. The normalized spacial score (nSPS) is 11.5. The van der Waals surface area contributed by atoms with Crippen molar-refractivity contribution in [2.75, 3.05) is 12.3 Å². The summed E-state index contributed by atoms with van der Waals surface area (Å²) in [7, 11) is 0. The Kier molecular flexibility index (Phi) is 6.75. The summed E-state index contributed by atoms with van der Waals surface area (Å²) in [5, 5.41) is 10.0. The number of hydrogen-bond donors (Lipinski definition) is 3. The van der Waals surface area contributed by atoms with Crippen LogP contribution >= 0.6 is 0 Å². The van der Waals surface area contributed by atoms with E-state index in [9.17, 15) is 14.4 Å². The van der Waals surface area contributed by atoms with Gasteiger partial charge in [-0.1, -0.05) is 36.1 Å². The summed E-state index contributed by atoms with van der Waals surface area (Å²) in [5.74, 6) is 5.47. The molecule has 3 heterocycles. The number of fused-ring (bicyclic) bond motifs is 2. The lowest BCUT2D eigenvalue weighted by Crippen LogP contribution is -2.34. The second-order valence-electron chi connectivity index (χ2n) is 8.69. The topological polar surface area (TPSA) is 149 Å². The van der Waals surface area contributed by atoms with Gasteiger partial charge in [0.05, 0.1) is 29.2 Å². The first-order valence-electron chi connectivity index (χ1n) is 12.1. The van der Waals surface area contributed by atoms with Crippen LogP contribution in [0.5, 0.6) is 0 Å². The number of carbonyl (C=O) groups is 2. The highest BCUT2D eigenvalue weighted by Gasteiger charge is 2.24. The third kappa shape index (κ3) is 4.91. The third-order valence-corrected chi connectivity index (χ3v) is 5.96. The Morgan fingerprint density at radius 1 is 1.05 bits per heavy atom. The van der Waals surface area contributed by atoms with Gasteiger partial charge in [0.1, 0.15) is 5.82 Å². The number of hydrogen-bond acceptors (Lipinski definition) is 7. The van der Waals surface area contributed by atoms with E-state index in [1.807, 2.05) is 18.2 Å². The first-order chi connectivity index (χ1) is 18.8. The maximum absolute atomic E-state index is 14.0. The first kappa shape index (κ1) is 25.2. The number of amides is 2. The SMILES string of the molecule is CC(=O)NCC#Cc1cccc2nc([C@@H](C)NC(=O)c3c(N)nc4cccnn34)n(-c3ccccc3)c(=O)c12. The maximum Gasteiger partial charge on any atom is 0.274 e. The van der Waals surface area contributed by atoms with E-state index in [-0.39, 0.29) is 29.5 Å². The average molecular weight is 521 g/mol. The van der Waals surface area contributed by atoms with Crippen LogP contribution in [-0.2, 0) is 4.79 Å². The summed E-state index contributed by atoms with van der Waals surface area (Å²) in [6, 6.07) is 16.9. The van der Waals surface area contributed by atoms with E-state index in [0.29, 0.717) is 33.6 Å². The lowest BCUT2D eigenvalue weighted by Gasteiger charge is -2.20. The van der Waals surface area contributed by atoms with Crippen LogP contribution in [0.1, 0.15) is 41.8 Å². The second kappa shape index (κ2) is 10.5. The fourth-order valence-corrected chi connectivity index (χ4v) is 4.22. The van der Waals surface area contributed by atoms with Crippen molar-refractivity contribution in [1.82, 2.24) is 34.8 Å². The van der Waals surface area contributed by atoms with Crippen LogP contribution in [0.4, 0.5) is 5.82 Å². The molecule has 0 fully saturated rings. The minimum Gasteiger partial charge on any atom is -0.382 e. The minimum absolute atomic E-state index is 0.0350. The van der Waals surface area contributed by atoms with Gasteiger partial charge in [-0.3, -0.25) is 19.0 Å². The molecule has 11 heteroatoms. The molecule has 0 aliphatic heterocycles. The Morgan fingerprint density at radius 2 is 1.85 bits per heavy atom. The lowest BCUT2D eigenvalue weighted by molar-refractivity contribution is -0.118. The highest BCUT2D eigenvalue weighted by molar-refractivity contribution is 5.98. The van der Waals surface area contributed by atoms with E-state index in [0.717, 1.165) is 0 Å². The highest BCUT2D eigenvalue weighted by Crippen LogP contribution is 2.21. The molecular formula is C28H24N8O3. The molecule has 0 unspecified atom stereocenters. The Hall–Kier alpha value is -5.50. The molecule has 0 saturated heterocycles. The molecule has 2 amide bonds. The van der Waals surface area contributed by atoms with Crippen molar-refractivity contribution in [3.63, 3.8) is 0 Å². The van der Waals surface area contributed by atoms with Gasteiger partial charge in [0, 0.05) is 18.7 Å². The molecule has 3 aromatic heterocycles. The number of benzene rings is 2. The number of rotatable bonds is 5. The zero-order chi connectivity index (χ0) is 27.5. The number of nitrogens with two attached hydrogens (primary N) is 1. The molecule has 194 valence electrons. The molecule has 39 heavy (non-hydrogen) atoms. The molecule has 0 saturated carbocycles. The number of aromatic nitrogens is 5. The molecule has 0 spiro atoms. The van der Waals surface area contributed by atoms with Crippen molar-refractivity contribution >= 4 is 34.2 Å². The fraction of sp³-hybridized carbons (Fsp3) is 0.143. The molecule has 5 rings (SSSR count). The van der Waals surface area contributed by atoms with Gasteiger partial charge >= 0.3 is 0 Å². The van der Waals surface area contributed by atoms with Gasteiger partial charge in [0.25, 0.3) is 11.5 Å². The smallest absolute Gasteiger partial charge is 0.274 e. The van der Waals surface area contributed by atoms with Crippen LogP contribution in [0.2, 0.25) is 0 Å². The van der Waals surface area contributed by atoms with Gasteiger partial charge < -0.3 is 16.4 Å². The van der Waals surface area contributed by atoms with Crippen molar-refractivity contribution in [3.05, 3.63) is 94.3 Å². The fourth-order valence-electron chi connectivity index (χ4n) is 4.22. The van der Waals surface area contributed by atoms with Gasteiger partial charge in [-0.15, -0.1) is 0 Å². The average Bonchev–Trinajstić information content (AvgIpc) is 3.27. The van der Waals surface area contributed by atoms with E-state index in [1.54, 1.807) is 49.4 Å². The van der Waals surface area contributed by atoms with Crippen molar-refractivity contribution < 1.29 is 9.59 Å². The number of imidazole rings is 1. The Bertz CT molecular complexity index is 1850. The first-order valence-corrected chi connectivity index (χ1v) is 12.1. The van der Waals surface area contributed by atoms with Gasteiger partial charge in [0.15, 0.2) is 17.2 Å². The van der Waals surface area contributed by atoms with Crippen molar-refractivity contribution in [1.29, 1.82) is 0 Å². The molecule has 4 N–H and O–H groups in total. The molecule has 0 aliphatic rings. The monoisotopic (exact) mass is 520 g/mol. The Morgan fingerprint density at radius 3 is 2.62 bits per heavy atom. The number of nitrogen functional groups attached to an aromatic ring is 1. The molecule has 0 radical (unpaired) electrons. The predicted molar refractivity (Wildman–Crippen MR) is 146 cm³/mol. The predicted octanol–water partition coefficient (Wildman–Crippen LogP) is 1.99. The highest BCUT2D eigenvalue weighted by atomic mass is 16.2. The second-order valence-corrected chi connectivity index (χ2v) is 8.69. The molecule has 1 atom stereocenters. The lowest BCUT2D eigenvalue weighted by atomic mass is 10.1. The van der Waals surface area contributed by atoms with Crippen molar-refractivity contribution in [3.8, 4) is 17.5 Å². The number of nitrogens with zero attached hydrogens (tertiary/aromatic N) is 5. The molecule has 2 aromatic carbocycles. The molecule has 11 nitrogen and oxygen atoms in total. The quantitative estimate of drug-likeness (QED) is 0.300. The molecule has 0 aliphatic carbocycles. The number of anilines is 1. The summed E-state index contributed by atoms with van der Waals surface area (Å²) in [6.45, 7) is 3.28. The van der Waals surface area contributed by atoms with Crippen LogP contribution in [0.3, 0.4) is 0 Å². The van der Waals surface area contributed by atoms with Crippen LogP contribution in [0.25, 0.3) is 22.2 Å². The zero-order valence-electron chi connectivity index (χ0n) is 21.2. The standard InChI is InChI=1S/C28H24N8O3/c1-17(32-27(38)24-25(29)34-22-14-8-16-31-36(22)24)26-33-21-13-6-9-19(10-7-15-30-18(2)37)23(21)28(39)35(26)20-11-4-3-5-12-20/h3-6,8-9,11-14,16-17H,15,29H2,1-2H3,(H,30,37)(H,32,38)/t17-/m1/s1. The number of para-hydroxylation sites is 1. The summed E-state index contributed by atoms with van der Waals surface area (Å²) in [4.78, 5) is 47.5. The molecular weight excluding hydrogens is 496 g/mol. The number of carbonyl (C=O) groups excluding carboxylic acids is 2. The van der Waals surface area contributed by atoms with E-state index >= 15 is 0 Å². The minimum atomic E-state index is -0.710. The van der Waals surface area contributed by atoms with Gasteiger partial charge in [-0.25, -0.2) is 14.5 Å². The van der Waals surface area contributed by atoms with Crippen molar-refractivity contribution in [2.24, 2.45) is 0 Å². The van der Waals surface area contributed by atoms with Crippen molar-refractivity contribution in [2.45, 2.75) is 19.9 Å². The molecule has 0 bridgehead atoms. The van der Waals surface area contributed by atoms with Gasteiger partial charge in [0.2, 0.25) is 5.91 Å². The van der Waals surface area contributed by atoms with Crippen LogP contribution < -0.4 is 21.9 Å². The largest absolute Gasteiger partial charge is 0.382 e. The van der Waals surface area contributed by atoms with E-state index in [4.69, 9.17) is 10.7 Å². The Labute approximate surface area is 222 Å². The maximum atomic E-state index is 14.0. The van der Waals surface area contributed by atoms with Crippen LogP contribution in [-0.4, -0.2) is 42.5 Å². The summed E-state index contributed by atoms with van der Waals surface area (Å²) in [5.41, 5.74) is 7.68. The summed E-state index contributed by atoms with van der Waals surface area (Å²) in [6.07, 6.45) is 1.53. The van der Waals surface area contributed by atoms with Gasteiger partial charge in [-0.05, 0) is 43.3 Å². The summed E-state index contributed by atoms with van der Waals surface area (Å²) >= 11 is 0. The Balaban J connectivity index is 1.61. The molecule has 5 aromatic rings. The summed E-state index contributed by atoms with van der Waals surface area (Å²) < 4.78 is 2.82. The van der Waals surface area contributed by atoms with E-state index in [1.165, 1.54) is 22.2 Å². The van der Waals surface area contributed by atoms with E-state index in [2.05, 4.69) is 32.6 Å².